The van der Waals surface area contributed by atoms with Crippen molar-refractivity contribution in [2.75, 3.05) is 17.1 Å². The molecule has 1 atom stereocenters. The number of hydrogen-bond acceptors (Lipinski definition) is 4. The van der Waals surface area contributed by atoms with Gasteiger partial charge in [0.05, 0.1) is 11.9 Å². The molecule has 0 heterocycles. The summed E-state index contributed by atoms with van der Waals surface area (Å²) in [6.07, 6.45) is 5.14. The molecule has 7 nitrogen and oxygen atoms in total. The van der Waals surface area contributed by atoms with Gasteiger partial charge in [0.1, 0.15) is 12.6 Å². The van der Waals surface area contributed by atoms with Crippen molar-refractivity contribution >= 4 is 43.5 Å². The smallest absolute Gasteiger partial charge is 0.244 e. The Morgan fingerprint density at radius 2 is 1.63 bits per heavy atom. The molecule has 3 rings (SSSR count). The number of rotatable bonds is 9. The first-order valence-electron chi connectivity index (χ1n) is 11.9. The van der Waals surface area contributed by atoms with Gasteiger partial charge in [0.15, 0.2) is 0 Å². The van der Waals surface area contributed by atoms with E-state index in [2.05, 4.69) is 21.2 Å². The lowest BCUT2D eigenvalue weighted by Crippen LogP contribution is -2.52. The number of para-hydroxylation sites is 1. The van der Waals surface area contributed by atoms with Gasteiger partial charge in [0.25, 0.3) is 0 Å². The lowest BCUT2D eigenvalue weighted by molar-refractivity contribution is -0.139. The summed E-state index contributed by atoms with van der Waals surface area (Å²) < 4.78 is 27.6. The Kier molecular flexibility index (Phi) is 8.99. The number of aryl methyl sites for hydroxylation is 2. The first-order chi connectivity index (χ1) is 16.5. The zero-order valence-electron chi connectivity index (χ0n) is 20.8. The fraction of sp³-hybridized carbons (Fsp3) is 0.462. The van der Waals surface area contributed by atoms with Crippen molar-refractivity contribution in [1.82, 2.24) is 10.2 Å². The zero-order valence-corrected chi connectivity index (χ0v) is 23.2. The SMILES string of the molecule is Cc1cccc(C)c1N(CC(=O)N(Cc1ccc(Br)cc1)C(C)C(=O)NC1CCCC1)S(C)(=O)=O. The summed E-state index contributed by atoms with van der Waals surface area (Å²) in [5, 5.41) is 3.07. The van der Waals surface area contributed by atoms with Crippen LogP contribution < -0.4 is 9.62 Å². The third kappa shape index (κ3) is 7.07. The predicted molar refractivity (Wildman–Crippen MR) is 143 cm³/mol. The lowest BCUT2D eigenvalue weighted by atomic mass is 10.1. The number of carbonyl (C=O) groups excluding carboxylic acids is 2. The van der Waals surface area contributed by atoms with Gasteiger partial charge in [0.2, 0.25) is 21.8 Å². The predicted octanol–water partition coefficient (Wildman–Crippen LogP) is 4.31. The quantitative estimate of drug-likeness (QED) is 0.492. The van der Waals surface area contributed by atoms with Crippen LogP contribution in [0, 0.1) is 13.8 Å². The fourth-order valence-corrected chi connectivity index (χ4v) is 5.76. The van der Waals surface area contributed by atoms with Crippen LogP contribution in [0.25, 0.3) is 0 Å². The van der Waals surface area contributed by atoms with Gasteiger partial charge >= 0.3 is 0 Å². The van der Waals surface area contributed by atoms with Crippen LogP contribution in [-0.4, -0.2) is 50.0 Å². The molecule has 1 N–H and O–H groups in total. The molecule has 0 aromatic heterocycles. The van der Waals surface area contributed by atoms with Crippen LogP contribution in [0.2, 0.25) is 0 Å². The average molecular weight is 565 g/mol. The second kappa shape index (κ2) is 11.6. The van der Waals surface area contributed by atoms with Crippen LogP contribution in [0.1, 0.15) is 49.3 Å². The number of hydrogen-bond donors (Lipinski definition) is 1. The van der Waals surface area contributed by atoms with E-state index in [1.165, 1.54) is 4.90 Å². The van der Waals surface area contributed by atoms with Gasteiger partial charge in [-0.15, -0.1) is 0 Å². The van der Waals surface area contributed by atoms with Crippen LogP contribution in [0.4, 0.5) is 5.69 Å². The van der Waals surface area contributed by atoms with E-state index in [0.717, 1.165) is 57.4 Å². The van der Waals surface area contributed by atoms with Gasteiger partial charge in [-0.05, 0) is 62.4 Å². The van der Waals surface area contributed by atoms with Crippen LogP contribution in [0.5, 0.6) is 0 Å². The Balaban J connectivity index is 1.91. The lowest BCUT2D eigenvalue weighted by Gasteiger charge is -2.33. The van der Waals surface area contributed by atoms with Gasteiger partial charge < -0.3 is 10.2 Å². The summed E-state index contributed by atoms with van der Waals surface area (Å²) in [4.78, 5) is 28.3. The molecule has 2 amide bonds. The highest BCUT2D eigenvalue weighted by molar-refractivity contribution is 9.10. The molecule has 1 aliphatic rings. The molecular formula is C26H34BrN3O4S. The zero-order chi connectivity index (χ0) is 25.8. The van der Waals surface area contributed by atoms with Crippen LogP contribution in [-0.2, 0) is 26.2 Å². The summed E-state index contributed by atoms with van der Waals surface area (Å²) >= 11 is 3.42. The summed E-state index contributed by atoms with van der Waals surface area (Å²) in [6.45, 7) is 5.15. The first kappa shape index (κ1) is 27.2. The number of sulfonamides is 1. The molecule has 0 aliphatic heterocycles. The second-order valence-corrected chi connectivity index (χ2v) is 12.1. The number of amides is 2. The maximum Gasteiger partial charge on any atom is 0.244 e. The van der Waals surface area contributed by atoms with Gasteiger partial charge in [-0.25, -0.2) is 8.42 Å². The van der Waals surface area contributed by atoms with E-state index in [0.29, 0.717) is 5.69 Å². The number of halogens is 1. The minimum Gasteiger partial charge on any atom is -0.352 e. The molecule has 1 unspecified atom stereocenters. The minimum atomic E-state index is -3.76. The molecule has 1 fully saturated rings. The van der Waals surface area contributed by atoms with E-state index in [-0.39, 0.29) is 25.0 Å². The summed E-state index contributed by atoms with van der Waals surface area (Å²) in [5.41, 5.74) is 2.86. The Hall–Kier alpha value is -2.39. The third-order valence-corrected chi connectivity index (χ3v) is 8.14. The molecule has 2 aromatic rings. The molecular weight excluding hydrogens is 530 g/mol. The highest BCUT2D eigenvalue weighted by Gasteiger charge is 2.32. The number of benzene rings is 2. The fourth-order valence-electron chi connectivity index (χ4n) is 4.54. The van der Waals surface area contributed by atoms with E-state index in [1.54, 1.807) is 6.92 Å². The van der Waals surface area contributed by atoms with Gasteiger partial charge in [0, 0.05) is 17.1 Å². The second-order valence-electron chi connectivity index (χ2n) is 9.32. The molecule has 190 valence electrons. The highest BCUT2D eigenvalue weighted by atomic mass is 79.9. The van der Waals surface area contributed by atoms with Crippen LogP contribution in [0.15, 0.2) is 46.9 Å². The van der Waals surface area contributed by atoms with E-state index in [1.807, 2.05) is 56.3 Å². The Bertz CT molecular complexity index is 1140. The molecule has 9 heteroatoms. The molecule has 1 aliphatic carbocycles. The van der Waals surface area contributed by atoms with E-state index in [4.69, 9.17) is 0 Å². The third-order valence-electron chi connectivity index (χ3n) is 6.50. The highest BCUT2D eigenvalue weighted by Crippen LogP contribution is 2.27. The first-order valence-corrected chi connectivity index (χ1v) is 14.5. The maximum atomic E-state index is 13.7. The summed E-state index contributed by atoms with van der Waals surface area (Å²) in [7, 11) is -3.76. The minimum absolute atomic E-state index is 0.122. The van der Waals surface area contributed by atoms with Crippen molar-refractivity contribution in [3.63, 3.8) is 0 Å². The molecule has 2 aromatic carbocycles. The van der Waals surface area contributed by atoms with Gasteiger partial charge in [-0.3, -0.25) is 13.9 Å². The normalized spacial score (nSPS) is 15.0. The van der Waals surface area contributed by atoms with Crippen molar-refractivity contribution in [1.29, 1.82) is 0 Å². The molecule has 0 saturated heterocycles. The molecule has 1 saturated carbocycles. The number of nitrogens with zero attached hydrogens (tertiary/aromatic N) is 2. The molecule has 0 radical (unpaired) electrons. The average Bonchev–Trinajstić information content (AvgIpc) is 3.29. The van der Waals surface area contributed by atoms with Crippen LogP contribution >= 0.6 is 15.9 Å². The largest absolute Gasteiger partial charge is 0.352 e. The monoisotopic (exact) mass is 563 g/mol. The molecule has 35 heavy (non-hydrogen) atoms. The van der Waals surface area contributed by atoms with E-state index >= 15 is 0 Å². The van der Waals surface area contributed by atoms with Crippen LogP contribution in [0.3, 0.4) is 0 Å². The van der Waals surface area contributed by atoms with E-state index in [9.17, 15) is 18.0 Å². The maximum absolute atomic E-state index is 13.7. The standard InChI is InChI=1S/C26H34BrN3O4S/c1-18-8-7-9-19(2)25(18)30(35(4,33)34)17-24(31)29(16-21-12-14-22(27)15-13-21)20(3)26(32)28-23-10-5-6-11-23/h7-9,12-15,20,23H,5-6,10-11,16-17H2,1-4H3,(H,28,32). The molecule has 0 spiro atoms. The van der Waals surface area contributed by atoms with Crippen molar-refractivity contribution in [2.24, 2.45) is 0 Å². The van der Waals surface area contributed by atoms with E-state index < -0.39 is 22.0 Å². The topological polar surface area (TPSA) is 86.8 Å². The Labute approximate surface area is 217 Å². The van der Waals surface area contributed by atoms with Gasteiger partial charge in [-0.1, -0.05) is 59.1 Å². The summed E-state index contributed by atoms with van der Waals surface area (Å²) in [5.74, 6) is -0.657. The Morgan fingerprint density at radius 1 is 1.06 bits per heavy atom. The number of anilines is 1. The van der Waals surface area contributed by atoms with Crippen molar-refractivity contribution in [3.05, 3.63) is 63.6 Å². The summed E-state index contributed by atoms with van der Waals surface area (Å²) in [6, 6.07) is 12.4. The Morgan fingerprint density at radius 3 is 2.17 bits per heavy atom. The number of carbonyl (C=O) groups is 2. The number of nitrogens with one attached hydrogen (secondary N) is 1. The van der Waals surface area contributed by atoms with Crippen molar-refractivity contribution < 1.29 is 18.0 Å². The van der Waals surface area contributed by atoms with Crippen molar-refractivity contribution in [2.45, 2.75) is 65.1 Å². The molecule has 0 bridgehead atoms. The van der Waals surface area contributed by atoms with Crippen molar-refractivity contribution in [3.8, 4) is 0 Å². The van der Waals surface area contributed by atoms with Gasteiger partial charge in [-0.2, -0.15) is 0 Å².